The van der Waals surface area contributed by atoms with E-state index in [1.807, 2.05) is 20.8 Å². The van der Waals surface area contributed by atoms with Gasteiger partial charge in [0.15, 0.2) is 0 Å². The van der Waals surface area contributed by atoms with Crippen molar-refractivity contribution in [2.75, 3.05) is 26.2 Å². The minimum Gasteiger partial charge on any atom is -0.462 e. The van der Waals surface area contributed by atoms with Crippen LogP contribution in [0.5, 0.6) is 0 Å². The lowest BCUT2D eigenvalue weighted by molar-refractivity contribution is -0.138. The molecule has 1 rings (SSSR count). The van der Waals surface area contributed by atoms with E-state index >= 15 is 0 Å². The topological polar surface area (TPSA) is 44.8 Å². The van der Waals surface area contributed by atoms with Crippen molar-refractivity contribution in [3.63, 3.8) is 0 Å². The predicted octanol–water partition coefficient (Wildman–Crippen LogP) is 5.33. The molecule has 0 atom stereocenters. The normalized spacial score (nSPS) is 25.6. The van der Waals surface area contributed by atoms with E-state index in [-0.39, 0.29) is 10.3 Å². The molecule has 0 aromatic carbocycles. The molecule has 0 aliphatic heterocycles. The molecule has 0 heterocycles. The third-order valence-electron chi connectivity index (χ3n) is 4.89. The Morgan fingerprint density at radius 2 is 1.56 bits per heavy atom. The number of rotatable bonds is 5. The number of methoxy groups -OCH3 is 1. The summed E-state index contributed by atoms with van der Waals surface area (Å²) in [5.41, 5.74) is 0.0531. The van der Waals surface area contributed by atoms with Crippen LogP contribution in [-0.2, 0) is 18.5 Å². The number of hydrogen-bond donors (Lipinski definition) is 0. The monoisotopic (exact) mass is 378 g/mol. The van der Waals surface area contributed by atoms with Gasteiger partial charge in [-0.2, -0.15) is 0 Å². The molecule has 1 aliphatic rings. The molecule has 1 fully saturated rings. The Hall–Kier alpha value is -0.260. The molecule has 4 nitrogen and oxygen atoms in total. The Bertz CT molecular complexity index is 385. The van der Waals surface area contributed by atoms with Crippen molar-refractivity contribution in [2.45, 2.75) is 90.6 Å². The molecule has 25 heavy (non-hydrogen) atoms. The lowest BCUT2D eigenvalue weighted by atomic mass is 9.75. The van der Waals surface area contributed by atoms with Crippen molar-refractivity contribution >= 4 is 16.8 Å². The van der Waals surface area contributed by atoms with E-state index in [0.29, 0.717) is 18.0 Å². The summed E-state index contributed by atoms with van der Waals surface area (Å²) >= 11 is 0. The third-order valence-corrected chi connectivity index (χ3v) is 8.59. The maximum atomic E-state index is 9.60. The molecule has 0 N–H and O–H groups in total. The van der Waals surface area contributed by atoms with Gasteiger partial charge in [0, 0.05) is 11.9 Å². The van der Waals surface area contributed by atoms with Gasteiger partial charge in [0.1, 0.15) is 5.60 Å². The molecule has 5 heteroatoms. The molecule has 0 radical (unpaired) electrons. The maximum absolute atomic E-state index is 9.60. The summed E-state index contributed by atoms with van der Waals surface area (Å²) < 4.78 is 16.6. The molecule has 1 saturated carbocycles. The van der Waals surface area contributed by atoms with Crippen LogP contribution in [0.3, 0.4) is 0 Å². The Morgan fingerprint density at radius 1 is 1.08 bits per heavy atom. The largest absolute Gasteiger partial charge is 0.462 e. The van der Waals surface area contributed by atoms with Gasteiger partial charge in [0.25, 0.3) is 6.47 Å². The molecule has 0 bridgehead atoms. The molecular weight excluding hydrogens is 336 g/mol. The number of hydrogen-bond acceptors (Lipinski definition) is 4. The molecule has 152 valence electrons. The van der Waals surface area contributed by atoms with Crippen LogP contribution >= 0.6 is 10.3 Å². The minimum atomic E-state index is -0.978. The Balaban J connectivity index is 0.000000697. The zero-order valence-electron chi connectivity index (χ0n) is 18.2. The average Bonchev–Trinajstić information content (AvgIpc) is 2.40. The molecular formula is C20H42O4S. The zero-order valence-corrected chi connectivity index (χ0v) is 19.0. The highest BCUT2D eigenvalue weighted by Crippen LogP contribution is 2.56. The first kappa shape index (κ1) is 24.7. The second-order valence-corrected chi connectivity index (χ2v) is 13.6. The van der Waals surface area contributed by atoms with E-state index in [2.05, 4.69) is 44.9 Å². The average molecular weight is 379 g/mol. The van der Waals surface area contributed by atoms with E-state index in [9.17, 15) is 4.79 Å². The standard InChI is InChI=1S/C15H32O2S.C5H10O2/c1-14(2,3)18(6,7)17-13-8-10-15(4,11-9-13)12-16-5;1-5(2,3)7-4-6/h13H,8-12H2,1-7H3;4H,1-3H3. The Labute approximate surface area is 157 Å². The summed E-state index contributed by atoms with van der Waals surface area (Å²) in [5, 5.41) is 0. The zero-order chi connectivity index (χ0) is 19.9. The van der Waals surface area contributed by atoms with Crippen LogP contribution in [0.15, 0.2) is 0 Å². The minimum absolute atomic E-state index is 0.264. The van der Waals surface area contributed by atoms with Gasteiger partial charge in [0.05, 0.1) is 12.7 Å². The van der Waals surface area contributed by atoms with E-state index in [4.69, 9.17) is 8.92 Å². The van der Waals surface area contributed by atoms with Gasteiger partial charge in [-0.05, 0) is 64.4 Å². The van der Waals surface area contributed by atoms with Crippen LogP contribution < -0.4 is 0 Å². The molecule has 0 unspecified atom stereocenters. The highest BCUT2D eigenvalue weighted by molar-refractivity contribution is 8.29. The first-order chi connectivity index (χ1) is 11.2. The maximum Gasteiger partial charge on any atom is 0.293 e. The van der Waals surface area contributed by atoms with Gasteiger partial charge >= 0.3 is 0 Å². The molecule has 1 aliphatic carbocycles. The Morgan fingerprint density at radius 3 is 1.84 bits per heavy atom. The van der Waals surface area contributed by atoms with Crippen LogP contribution in [0.2, 0.25) is 0 Å². The highest BCUT2D eigenvalue weighted by atomic mass is 32.3. The van der Waals surface area contributed by atoms with Crippen LogP contribution in [0.1, 0.15) is 74.1 Å². The third kappa shape index (κ3) is 9.86. The van der Waals surface area contributed by atoms with Gasteiger partial charge in [-0.1, -0.05) is 27.7 Å². The second kappa shape index (κ2) is 9.61. The van der Waals surface area contributed by atoms with Crippen molar-refractivity contribution in [3.05, 3.63) is 0 Å². The van der Waals surface area contributed by atoms with E-state index in [0.717, 1.165) is 6.61 Å². The van der Waals surface area contributed by atoms with E-state index < -0.39 is 10.3 Å². The van der Waals surface area contributed by atoms with Gasteiger partial charge in [0.2, 0.25) is 0 Å². The fraction of sp³-hybridized carbons (Fsp3) is 0.950. The summed E-state index contributed by atoms with van der Waals surface area (Å²) in [7, 11) is 0.828. The Kier molecular flexibility index (Phi) is 9.51. The van der Waals surface area contributed by atoms with Crippen LogP contribution in [0.25, 0.3) is 0 Å². The lowest BCUT2D eigenvalue weighted by Gasteiger charge is -2.48. The second-order valence-electron chi connectivity index (χ2n) is 9.71. The van der Waals surface area contributed by atoms with Crippen molar-refractivity contribution in [1.29, 1.82) is 0 Å². The molecule has 0 saturated heterocycles. The van der Waals surface area contributed by atoms with Gasteiger partial charge < -0.3 is 13.7 Å². The van der Waals surface area contributed by atoms with E-state index in [1.165, 1.54) is 25.7 Å². The molecule has 0 aromatic rings. The van der Waals surface area contributed by atoms with Crippen molar-refractivity contribution in [2.24, 2.45) is 5.41 Å². The van der Waals surface area contributed by atoms with Crippen molar-refractivity contribution in [1.82, 2.24) is 0 Å². The molecule has 0 amide bonds. The first-order valence-corrected chi connectivity index (χ1v) is 11.5. The van der Waals surface area contributed by atoms with Gasteiger partial charge in [-0.15, -0.1) is 10.3 Å². The van der Waals surface area contributed by atoms with Crippen molar-refractivity contribution < 1.29 is 18.5 Å². The van der Waals surface area contributed by atoms with Crippen LogP contribution in [0, 0.1) is 5.41 Å². The predicted molar refractivity (Wildman–Crippen MR) is 109 cm³/mol. The molecule has 0 aromatic heterocycles. The first-order valence-electron chi connectivity index (χ1n) is 9.17. The lowest BCUT2D eigenvalue weighted by Crippen LogP contribution is -2.35. The smallest absolute Gasteiger partial charge is 0.293 e. The van der Waals surface area contributed by atoms with Crippen molar-refractivity contribution in [3.8, 4) is 0 Å². The summed E-state index contributed by atoms with van der Waals surface area (Å²) in [6.07, 6.45) is 9.89. The number of carbonyl (C=O) groups excluding carboxylic acids is 1. The fourth-order valence-electron chi connectivity index (χ4n) is 2.51. The molecule has 0 spiro atoms. The van der Waals surface area contributed by atoms with E-state index in [1.54, 1.807) is 7.11 Å². The SMILES string of the molecule is CC(C)(C)OC=O.COCC1(C)CCC(OS(C)(C)C(C)(C)C)CC1. The summed E-state index contributed by atoms with van der Waals surface area (Å²) in [4.78, 5) is 9.60. The highest BCUT2D eigenvalue weighted by Gasteiger charge is 2.36. The summed E-state index contributed by atoms with van der Waals surface area (Å²) in [6.45, 7) is 16.0. The summed E-state index contributed by atoms with van der Waals surface area (Å²) in [5.74, 6) is 0. The number of ether oxygens (including phenoxy) is 2. The van der Waals surface area contributed by atoms with Gasteiger partial charge in [-0.3, -0.25) is 4.79 Å². The van der Waals surface area contributed by atoms with Crippen LogP contribution in [-0.4, -0.2) is 49.2 Å². The summed E-state index contributed by atoms with van der Waals surface area (Å²) in [6, 6.07) is 0. The van der Waals surface area contributed by atoms with Gasteiger partial charge in [-0.25, -0.2) is 0 Å². The quantitative estimate of drug-likeness (QED) is 0.606. The van der Waals surface area contributed by atoms with Crippen LogP contribution in [0.4, 0.5) is 0 Å². The fourth-order valence-corrected chi connectivity index (χ4v) is 3.67. The number of carbonyl (C=O) groups is 1.